The maximum atomic E-state index is 12.9. The predicted octanol–water partition coefficient (Wildman–Crippen LogP) is 3.44. The second kappa shape index (κ2) is 11.7. The maximum absolute atomic E-state index is 12.9. The van der Waals surface area contributed by atoms with E-state index in [0.717, 1.165) is 10.9 Å². The van der Waals surface area contributed by atoms with Gasteiger partial charge in [0.25, 0.3) is 0 Å². The van der Waals surface area contributed by atoms with Gasteiger partial charge in [-0.15, -0.1) is 0 Å². The highest BCUT2D eigenvalue weighted by molar-refractivity contribution is 5.87. The van der Waals surface area contributed by atoms with Crippen LogP contribution in [0.5, 0.6) is 0 Å². The number of esters is 4. The van der Waals surface area contributed by atoms with E-state index < -0.39 is 42.4 Å². The molecule has 2 heterocycles. The number of aromatic amines is 1. The third-order valence-corrected chi connectivity index (χ3v) is 5.29. The van der Waals surface area contributed by atoms with Crippen LogP contribution in [0.2, 0.25) is 0 Å². The number of hydrogen-bond donors (Lipinski definition) is 1. The summed E-state index contributed by atoms with van der Waals surface area (Å²) >= 11 is 0. The number of hydrogen-bond acceptors (Lipinski definition) is 9. The first-order chi connectivity index (χ1) is 16.8. The Morgan fingerprint density at radius 3 is 2.14 bits per heavy atom. The number of benzene rings is 1. The molecule has 1 aromatic carbocycles. The number of rotatable bonds is 9. The Morgan fingerprint density at radius 2 is 1.49 bits per heavy atom. The fourth-order valence-electron chi connectivity index (χ4n) is 3.46. The molecule has 10 heteroatoms. The van der Waals surface area contributed by atoms with Crippen molar-refractivity contribution < 1.29 is 42.9 Å². The SMILES string of the molecule is CCC(=O)OC1=C(OC(=O)CC)[C@H](OC(=O)CC)[C@H](OC(=O)Cc2c[nH]c3ccccc23)O[C@H]1C. The Morgan fingerprint density at radius 1 is 0.857 bits per heavy atom. The Labute approximate surface area is 202 Å². The van der Waals surface area contributed by atoms with Crippen LogP contribution in [0.1, 0.15) is 52.5 Å². The number of aromatic nitrogens is 1. The van der Waals surface area contributed by atoms with Crippen molar-refractivity contribution in [2.75, 3.05) is 0 Å². The van der Waals surface area contributed by atoms with Gasteiger partial charge >= 0.3 is 23.9 Å². The van der Waals surface area contributed by atoms with Crippen LogP contribution in [-0.2, 0) is 49.3 Å². The van der Waals surface area contributed by atoms with E-state index in [1.165, 1.54) is 6.92 Å². The van der Waals surface area contributed by atoms with Crippen LogP contribution in [-0.4, -0.2) is 47.4 Å². The molecule has 188 valence electrons. The number of nitrogens with one attached hydrogen (secondary N) is 1. The zero-order valence-electron chi connectivity index (χ0n) is 20.1. The summed E-state index contributed by atoms with van der Waals surface area (Å²) in [6, 6.07) is 7.49. The van der Waals surface area contributed by atoms with Crippen molar-refractivity contribution in [1.82, 2.24) is 4.98 Å². The van der Waals surface area contributed by atoms with Crippen LogP contribution in [0, 0.1) is 0 Å². The summed E-state index contributed by atoms with van der Waals surface area (Å²) in [6.07, 6.45) is -2.13. The van der Waals surface area contributed by atoms with Crippen molar-refractivity contribution in [3.05, 3.63) is 47.5 Å². The number of carbonyl (C=O) groups is 4. The molecule has 0 amide bonds. The lowest BCUT2D eigenvalue weighted by Gasteiger charge is -2.35. The Bertz CT molecular complexity index is 1130. The smallest absolute Gasteiger partial charge is 0.312 e. The number of H-pyrrole nitrogens is 1. The Hall–Kier alpha value is -3.66. The third kappa shape index (κ3) is 6.27. The van der Waals surface area contributed by atoms with Crippen LogP contribution in [0.25, 0.3) is 10.9 Å². The molecule has 1 N–H and O–H groups in total. The minimum absolute atomic E-state index is 0.00114. The van der Waals surface area contributed by atoms with E-state index in [2.05, 4.69) is 4.98 Å². The second-order valence-electron chi connectivity index (χ2n) is 7.82. The van der Waals surface area contributed by atoms with E-state index in [1.54, 1.807) is 27.0 Å². The van der Waals surface area contributed by atoms with E-state index in [4.69, 9.17) is 23.7 Å². The number of para-hydroxylation sites is 1. The quantitative estimate of drug-likeness (QED) is 0.417. The predicted molar refractivity (Wildman–Crippen MR) is 122 cm³/mol. The van der Waals surface area contributed by atoms with E-state index >= 15 is 0 Å². The molecule has 0 aliphatic carbocycles. The van der Waals surface area contributed by atoms with E-state index in [1.807, 2.05) is 24.3 Å². The van der Waals surface area contributed by atoms with Gasteiger partial charge in [0.05, 0.1) is 6.42 Å². The summed E-state index contributed by atoms with van der Waals surface area (Å²) in [5, 5.41) is 0.863. The molecular weight excluding hydrogens is 458 g/mol. The highest BCUT2D eigenvalue weighted by atomic mass is 16.7. The van der Waals surface area contributed by atoms with Gasteiger partial charge in [0.15, 0.2) is 11.5 Å². The zero-order valence-corrected chi connectivity index (χ0v) is 20.1. The van der Waals surface area contributed by atoms with Gasteiger partial charge in [0.1, 0.15) is 6.10 Å². The van der Waals surface area contributed by atoms with Gasteiger partial charge in [-0.2, -0.15) is 0 Å². The highest BCUT2D eigenvalue weighted by Gasteiger charge is 2.45. The molecule has 1 aliphatic rings. The fourth-order valence-corrected chi connectivity index (χ4v) is 3.46. The minimum atomic E-state index is -1.44. The summed E-state index contributed by atoms with van der Waals surface area (Å²) in [5.74, 6) is -2.91. The van der Waals surface area contributed by atoms with Crippen molar-refractivity contribution in [3.63, 3.8) is 0 Å². The standard InChI is InChI=1S/C25H29NO9/c1-5-18(27)32-22-14(4)31-25(24(34-20(29)7-3)23(22)33-19(28)6-2)35-21(30)12-15-13-26-17-11-9-8-10-16(15)17/h8-11,13-14,24-26H,5-7,12H2,1-4H3/t14-,24-,25-/m0/s1. The van der Waals surface area contributed by atoms with Crippen LogP contribution in [0.3, 0.4) is 0 Å². The average Bonchev–Trinajstić information content (AvgIpc) is 3.25. The molecule has 1 aromatic heterocycles. The molecule has 3 atom stereocenters. The first-order valence-corrected chi connectivity index (χ1v) is 11.5. The van der Waals surface area contributed by atoms with Crippen molar-refractivity contribution in [2.45, 2.75) is 71.9 Å². The summed E-state index contributed by atoms with van der Waals surface area (Å²) in [5.41, 5.74) is 1.58. The number of fused-ring (bicyclic) bond motifs is 1. The largest absolute Gasteiger partial charge is 0.447 e. The van der Waals surface area contributed by atoms with Gasteiger partial charge in [-0.1, -0.05) is 39.0 Å². The number of carbonyl (C=O) groups excluding carboxylic acids is 4. The molecule has 0 bridgehead atoms. The molecule has 2 aromatic rings. The summed E-state index contributed by atoms with van der Waals surface area (Å²) in [7, 11) is 0. The van der Waals surface area contributed by atoms with Crippen LogP contribution in [0.15, 0.2) is 42.0 Å². The van der Waals surface area contributed by atoms with Gasteiger partial charge in [0, 0.05) is 36.4 Å². The maximum Gasteiger partial charge on any atom is 0.312 e. The number of ether oxygens (including phenoxy) is 5. The Kier molecular flexibility index (Phi) is 8.64. The van der Waals surface area contributed by atoms with Gasteiger partial charge in [-0.05, 0) is 18.6 Å². The molecular formula is C25H29NO9. The molecule has 0 fully saturated rings. The first kappa shape index (κ1) is 26.0. The van der Waals surface area contributed by atoms with Crippen LogP contribution in [0.4, 0.5) is 0 Å². The van der Waals surface area contributed by atoms with Crippen molar-refractivity contribution >= 4 is 34.8 Å². The third-order valence-electron chi connectivity index (χ3n) is 5.29. The minimum Gasteiger partial charge on any atom is -0.447 e. The first-order valence-electron chi connectivity index (χ1n) is 11.5. The van der Waals surface area contributed by atoms with Crippen molar-refractivity contribution in [1.29, 1.82) is 0 Å². The molecule has 0 spiro atoms. The van der Waals surface area contributed by atoms with Crippen molar-refractivity contribution in [3.8, 4) is 0 Å². The lowest BCUT2D eigenvalue weighted by Crippen LogP contribution is -2.47. The molecule has 1 aliphatic heterocycles. The lowest BCUT2D eigenvalue weighted by molar-refractivity contribution is -0.232. The van der Waals surface area contributed by atoms with Gasteiger partial charge in [-0.25, -0.2) is 0 Å². The topological polar surface area (TPSA) is 130 Å². The average molecular weight is 488 g/mol. The van der Waals surface area contributed by atoms with Crippen LogP contribution >= 0.6 is 0 Å². The normalized spacial score (nSPS) is 19.8. The van der Waals surface area contributed by atoms with E-state index in [0.29, 0.717) is 5.56 Å². The molecule has 0 unspecified atom stereocenters. The van der Waals surface area contributed by atoms with Gasteiger partial charge in [0.2, 0.25) is 12.4 Å². The second-order valence-corrected chi connectivity index (χ2v) is 7.82. The molecule has 0 saturated heterocycles. The van der Waals surface area contributed by atoms with Gasteiger partial charge in [-0.3, -0.25) is 19.2 Å². The molecule has 3 rings (SSSR count). The summed E-state index contributed by atoms with van der Waals surface area (Å²) in [4.78, 5) is 52.3. The van der Waals surface area contributed by atoms with E-state index in [-0.39, 0.29) is 37.2 Å². The monoisotopic (exact) mass is 487 g/mol. The van der Waals surface area contributed by atoms with E-state index in [9.17, 15) is 19.2 Å². The van der Waals surface area contributed by atoms with Crippen molar-refractivity contribution in [2.24, 2.45) is 0 Å². The highest BCUT2D eigenvalue weighted by Crippen LogP contribution is 2.32. The molecule has 0 radical (unpaired) electrons. The van der Waals surface area contributed by atoms with Crippen LogP contribution < -0.4 is 0 Å². The lowest BCUT2D eigenvalue weighted by atomic mass is 10.1. The van der Waals surface area contributed by atoms with Gasteiger partial charge < -0.3 is 28.7 Å². The molecule has 10 nitrogen and oxygen atoms in total. The fraction of sp³-hybridized carbons (Fsp3) is 0.440. The zero-order chi connectivity index (χ0) is 25.5. The summed E-state index contributed by atoms with van der Waals surface area (Å²) in [6.45, 7) is 6.29. The Balaban J connectivity index is 1.91. The molecule has 0 saturated carbocycles. The molecule has 35 heavy (non-hydrogen) atoms. The summed E-state index contributed by atoms with van der Waals surface area (Å²) < 4.78 is 27.5.